The molecule has 0 radical (unpaired) electrons. The Kier molecular flexibility index (Phi) is 3.26. The molecule has 3 rings (SSSR count). The second-order valence-electron chi connectivity index (χ2n) is 4.53. The number of nitrogens with zero attached hydrogens (tertiary/aromatic N) is 2. The van der Waals surface area contributed by atoms with Crippen LogP contribution in [0.4, 0.5) is 5.82 Å². The van der Waals surface area contributed by atoms with Crippen molar-refractivity contribution in [2.24, 2.45) is 0 Å². The molecule has 1 aromatic heterocycles. The fourth-order valence-electron chi connectivity index (χ4n) is 2.09. The third-order valence-corrected chi connectivity index (χ3v) is 3.25. The monoisotopic (exact) mass is 251 g/mol. The third kappa shape index (κ3) is 2.24. The third-order valence-electron chi connectivity index (χ3n) is 3.25. The van der Waals surface area contributed by atoms with E-state index in [9.17, 15) is 4.79 Å². The van der Waals surface area contributed by atoms with Gasteiger partial charge in [-0.3, -0.25) is 4.79 Å². The van der Waals surface area contributed by atoms with Crippen LogP contribution < -0.4 is 16.0 Å². The molecular weight excluding hydrogens is 234 g/mol. The van der Waals surface area contributed by atoms with Gasteiger partial charge in [-0.05, 0) is 0 Å². The summed E-state index contributed by atoms with van der Waals surface area (Å²) in [5.41, 5.74) is 0. The van der Waals surface area contributed by atoms with Crippen molar-refractivity contribution in [2.45, 2.75) is 12.1 Å². The lowest BCUT2D eigenvalue weighted by Crippen LogP contribution is -2.47. The van der Waals surface area contributed by atoms with Crippen molar-refractivity contribution < 1.29 is 9.53 Å². The highest BCUT2D eigenvalue weighted by molar-refractivity contribution is 5.93. The summed E-state index contributed by atoms with van der Waals surface area (Å²) in [6.07, 6.45) is 1.29. The number of amides is 1. The fraction of sp³-hybridized carbons (Fsp3) is 0.636. The first kappa shape index (κ1) is 11.6. The maximum atomic E-state index is 12.0. The Morgan fingerprint density at radius 3 is 3.00 bits per heavy atom. The number of morpholine rings is 1. The van der Waals surface area contributed by atoms with E-state index in [-0.39, 0.29) is 5.91 Å². The molecule has 7 heteroatoms. The van der Waals surface area contributed by atoms with Crippen LogP contribution >= 0.6 is 0 Å². The summed E-state index contributed by atoms with van der Waals surface area (Å²) in [7, 11) is 0. The normalized spacial score (nSPS) is 24.6. The van der Waals surface area contributed by atoms with Crippen molar-refractivity contribution >= 4 is 11.7 Å². The minimum Gasteiger partial charge on any atom is -0.366 e. The minimum absolute atomic E-state index is 0.115. The maximum Gasteiger partial charge on any atom is 0.255 e. The number of anilines is 1. The first-order valence-corrected chi connectivity index (χ1v) is 6.22. The van der Waals surface area contributed by atoms with Gasteiger partial charge < -0.3 is 20.7 Å². The standard InChI is InChI=1S/C11H17N5O2/c17-11(9-7-12-3-4-18-9)15-10-1-2-14-16(10)8-5-13-6-8/h1-2,8-9,12-13H,3-7H2,(H,15,17). The second kappa shape index (κ2) is 5.05. The van der Waals surface area contributed by atoms with Gasteiger partial charge in [0.05, 0.1) is 18.8 Å². The van der Waals surface area contributed by atoms with Crippen molar-refractivity contribution in [1.82, 2.24) is 20.4 Å². The highest BCUT2D eigenvalue weighted by Crippen LogP contribution is 2.17. The Balaban J connectivity index is 1.64. The van der Waals surface area contributed by atoms with E-state index in [1.807, 2.05) is 10.7 Å². The van der Waals surface area contributed by atoms with E-state index in [1.165, 1.54) is 0 Å². The minimum atomic E-state index is -0.415. The summed E-state index contributed by atoms with van der Waals surface area (Å²) < 4.78 is 7.26. The molecule has 1 unspecified atom stereocenters. The molecule has 3 N–H and O–H groups in total. The van der Waals surface area contributed by atoms with Crippen LogP contribution in [-0.4, -0.2) is 54.6 Å². The van der Waals surface area contributed by atoms with E-state index in [2.05, 4.69) is 21.0 Å². The molecule has 98 valence electrons. The Morgan fingerprint density at radius 1 is 1.44 bits per heavy atom. The lowest BCUT2D eigenvalue weighted by molar-refractivity contribution is -0.128. The largest absolute Gasteiger partial charge is 0.366 e. The first-order chi connectivity index (χ1) is 8.84. The maximum absolute atomic E-state index is 12.0. The van der Waals surface area contributed by atoms with Crippen molar-refractivity contribution in [1.29, 1.82) is 0 Å². The van der Waals surface area contributed by atoms with Crippen LogP contribution in [0, 0.1) is 0 Å². The molecule has 0 spiro atoms. The topological polar surface area (TPSA) is 80.2 Å². The van der Waals surface area contributed by atoms with Crippen molar-refractivity contribution in [3.05, 3.63) is 12.3 Å². The predicted molar refractivity (Wildman–Crippen MR) is 65.4 cm³/mol. The van der Waals surface area contributed by atoms with Gasteiger partial charge in [0.2, 0.25) is 0 Å². The van der Waals surface area contributed by atoms with Crippen LogP contribution in [0.15, 0.2) is 12.3 Å². The highest BCUT2D eigenvalue weighted by atomic mass is 16.5. The van der Waals surface area contributed by atoms with Gasteiger partial charge in [-0.15, -0.1) is 0 Å². The zero-order chi connectivity index (χ0) is 12.4. The quantitative estimate of drug-likeness (QED) is 0.639. The van der Waals surface area contributed by atoms with Crippen LogP contribution in [0.3, 0.4) is 0 Å². The number of ether oxygens (including phenoxy) is 1. The first-order valence-electron chi connectivity index (χ1n) is 6.22. The van der Waals surface area contributed by atoms with E-state index in [4.69, 9.17) is 4.74 Å². The molecule has 2 saturated heterocycles. The van der Waals surface area contributed by atoms with E-state index < -0.39 is 6.10 Å². The fourth-order valence-corrected chi connectivity index (χ4v) is 2.09. The van der Waals surface area contributed by atoms with Crippen LogP contribution in [0.5, 0.6) is 0 Å². The molecule has 0 aliphatic carbocycles. The smallest absolute Gasteiger partial charge is 0.255 e. The Morgan fingerprint density at radius 2 is 2.33 bits per heavy atom. The lowest BCUT2D eigenvalue weighted by Gasteiger charge is -2.29. The number of hydrogen-bond acceptors (Lipinski definition) is 5. The lowest BCUT2D eigenvalue weighted by atomic mass is 10.2. The number of carbonyl (C=O) groups is 1. The van der Waals surface area contributed by atoms with Crippen molar-refractivity contribution in [2.75, 3.05) is 38.1 Å². The molecule has 2 aliphatic rings. The zero-order valence-electron chi connectivity index (χ0n) is 10.1. The predicted octanol–water partition coefficient (Wildman–Crippen LogP) is -1.05. The summed E-state index contributed by atoms with van der Waals surface area (Å²) in [4.78, 5) is 12.0. The number of carbonyl (C=O) groups excluding carboxylic acids is 1. The molecule has 0 bridgehead atoms. The molecule has 18 heavy (non-hydrogen) atoms. The zero-order valence-corrected chi connectivity index (χ0v) is 10.1. The molecule has 7 nitrogen and oxygen atoms in total. The molecule has 1 amide bonds. The van der Waals surface area contributed by atoms with Gasteiger partial charge in [0, 0.05) is 32.2 Å². The van der Waals surface area contributed by atoms with E-state index in [1.54, 1.807) is 6.20 Å². The Hall–Kier alpha value is -1.44. The van der Waals surface area contributed by atoms with Gasteiger partial charge in [0.1, 0.15) is 11.9 Å². The molecular formula is C11H17N5O2. The molecule has 1 atom stereocenters. The molecule has 0 saturated carbocycles. The molecule has 2 aliphatic heterocycles. The summed E-state index contributed by atoms with van der Waals surface area (Å²) in [5, 5.41) is 13.4. The average molecular weight is 251 g/mol. The van der Waals surface area contributed by atoms with Gasteiger partial charge >= 0.3 is 0 Å². The van der Waals surface area contributed by atoms with Gasteiger partial charge in [0.25, 0.3) is 5.91 Å². The summed E-state index contributed by atoms with van der Waals surface area (Å²) in [6, 6.07) is 2.15. The van der Waals surface area contributed by atoms with Crippen LogP contribution in [-0.2, 0) is 9.53 Å². The van der Waals surface area contributed by atoms with Crippen LogP contribution in [0.25, 0.3) is 0 Å². The van der Waals surface area contributed by atoms with Crippen molar-refractivity contribution in [3.63, 3.8) is 0 Å². The average Bonchev–Trinajstić information content (AvgIpc) is 2.76. The molecule has 0 aromatic carbocycles. The summed E-state index contributed by atoms with van der Waals surface area (Å²) in [5.74, 6) is 0.622. The number of rotatable bonds is 3. The molecule has 1 aromatic rings. The van der Waals surface area contributed by atoms with Gasteiger partial charge in [-0.2, -0.15) is 5.10 Å². The SMILES string of the molecule is O=C(Nc1ccnn1C1CNC1)C1CNCCO1. The number of aromatic nitrogens is 2. The van der Waals surface area contributed by atoms with Gasteiger partial charge in [-0.1, -0.05) is 0 Å². The highest BCUT2D eigenvalue weighted by Gasteiger charge is 2.25. The van der Waals surface area contributed by atoms with Crippen LogP contribution in [0.2, 0.25) is 0 Å². The van der Waals surface area contributed by atoms with Gasteiger partial charge in [-0.25, -0.2) is 4.68 Å². The molecule has 2 fully saturated rings. The Labute approximate surface area is 105 Å². The summed E-state index contributed by atoms with van der Waals surface area (Å²) >= 11 is 0. The van der Waals surface area contributed by atoms with E-state index in [0.29, 0.717) is 19.2 Å². The summed E-state index contributed by atoms with van der Waals surface area (Å²) in [6.45, 7) is 3.72. The number of hydrogen-bond donors (Lipinski definition) is 3. The number of nitrogens with one attached hydrogen (secondary N) is 3. The second-order valence-corrected chi connectivity index (χ2v) is 4.53. The Bertz CT molecular complexity index is 423. The van der Waals surface area contributed by atoms with Crippen molar-refractivity contribution in [3.8, 4) is 0 Å². The van der Waals surface area contributed by atoms with Crippen LogP contribution in [0.1, 0.15) is 6.04 Å². The van der Waals surface area contributed by atoms with Gasteiger partial charge in [0.15, 0.2) is 0 Å². The molecule has 3 heterocycles. The van der Waals surface area contributed by atoms with E-state index >= 15 is 0 Å². The van der Waals surface area contributed by atoms with E-state index in [0.717, 1.165) is 25.5 Å².